The van der Waals surface area contributed by atoms with E-state index in [9.17, 15) is 9.18 Å². The summed E-state index contributed by atoms with van der Waals surface area (Å²) >= 11 is 0. The SMILES string of the molecule is CC(Oc1ccccc1F)C(=O)Nc1ccc(Nc2ccccc2)cc1. The highest BCUT2D eigenvalue weighted by Crippen LogP contribution is 2.20. The Labute approximate surface area is 151 Å². The third-order valence-electron chi connectivity index (χ3n) is 3.72. The smallest absolute Gasteiger partial charge is 0.265 e. The quantitative estimate of drug-likeness (QED) is 0.659. The summed E-state index contributed by atoms with van der Waals surface area (Å²) in [5, 5.41) is 6.03. The third kappa shape index (κ3) is 4.60. The molecule has 2 N–H and O–H groups in total. The predicted octanol–water partition coefficient (Wildman–Crippen LogP) is 4.98. The number of carbonyl (C=O) groups is 1. The molecule has 132 valence electrons. The van der Waals surface area contributed by atoms with Gasteiger partial charge in [0.05, 0.1) is 0 Å². The number of anilines is 3. The van der Waals surface area contributed by atoms with E-state index < -0.39 is 11.9 Å². The number of benzene rings is 3. The third-order valence-corrected chi connectivity index (χ3v) is 3.72. The first-order chi connectivity index (χ1) is 12.6. The Kier molecular flexibility index (Phi) is 5.49. The van der Waals surface area contributed by atoms with Gasteiger partial charge in [-0.25, -0.2) is 4.39 Å². The zero-order valence-electron chi connectivity index (χ0n) is 14.3. The van der Waals surface area contributed by atoms with E-state index in [2.05, 4.69) is 10.6 Å². The highest BCUT2D eigenvalue weighted by molar-refractivity contribution is 5.94. The van der Waals surface area contributed by atoms with Crippen LogP contribution in [0.15, 0.2) is 78.9 Å². The van der Waals surface area contributed by atoms with Crippen molar-refractivity contribution in [1.82, 2.24) is 0 Å². The number of amides is 1. The van der Waals surface area contributed by atoms with E-state index in [0.717, 1.165) is 11.4 Å². The Morgan fingerprint density at radius 2 is 1.42 bits per heavy atom. The maximum absolute atomic E-state index is 13.6. The Morgan fingerprint density at radius 3 is 2.12 bits per heavy atom. The lowest BCUT2D eigenvalue weighted by atomic mass is 10.2. The van der Waals surface area contributed by atoms with Gasteiger partial charge in [-0.2, -0.15) is 0 Å². The normalized spacial score (nSPS) is 11.5. The second-order valence-electron chi connectivity index (χ2n) is 5.75. The van der Waals surface area contributed by atoms with Gasteiger partial charge in [-0.3, -0.25) is 4.79 Å². The van der Waals surface area contributed by atoms with Crippen LogP contribution >= 0.6 is 0 Å². The standard InChI is InChI=1S/C21H19FN2O2/c1-15(26-20-10-6-5-9-19(20)22)21(25)24-18-13-11-17(12-14-18)23-16-7-3-2-4-8-16/h2-15,23H,1H3,(H,24,25). The molecule has 0 saturated carbocycles. The summed E-state index contributed by atoms with van der Waals surface area (Å²) in [6.45, 7) is 1.58. The predicted molar refractivity (Wildman–Crippen MR) is 101 cm³/mol. The maximum Gasteiger partial charge on any atom is 0.265 e. The molecule has 0 spiro atoms. The monoisotopic (exact) mass is 350 g/mol. The molecule has 0 saturated heterocycles. The number of hydrogen-bond acceptors (Lipinski definition) is 3. The lowest BCUT2D eigenvalue weighted by Crippen LogP contribution is -2.30. The van der Waals surface area contributed by atoms with Crippen molar-refractivity contribution in [3.05, 3.63) is 84.7 Å². The number of rotatable bonds is 6. The summed E-state index contributed by atoms with van der Waals surface area (Å²) in [6.07, 6.45) is -0.825. The van der Waals surface area contributed by atoms with Crippen molar-refractivity contribution in [2.75, 3.05) is 10.6 Å². The van der Waals surface area contributed by atoms with E-state index in [4.69, 9.17) is 4.74 Å². The molecule has 0 aliphatic rings. The molecule has 0 fully saturated rings. The van der Waals surface area contributed by atoms with Gasteiger partial charge < -0.3 is 15.4 Å². The first kappa shape index (κ1) is 17.5. The first-order valence-electron chi connectivity index (χ1n) is 8.26. The molecule has 3 aromatic rings. The highest BCUT2D eigenvalue weighted by Gasteiger charge is 2.16. The summed E-state index contributed by atoms with van der Waals surface area (Å²) in [4.78, 5) is 12.2. The van der Waals surface area contributed by atoms with Crippen LogP contribution in [-0.2, 0) is 4.79 Å². The van der Waals surface area contributed by atoms with Gasteiger partial charge in [0.1, 0.15) is 0 Å². The fourth-order valence-electron chi connectivity index (χ4n) is 2.35. The van der Waals surface area contributed by atoms with Crippen molar-refractivity contribution in [3.63, 3.8) is 0 Å². The summed E-state index contributed by atoms with van der Waals surface area (Å²) in [5.41, 5.74) is 2.53. The number of para-hydroxylation sites is 2. The summed E-state index contributed by atoms with van der Waals surface area (Å²) in [6, 6.07) is 23.1. The molecule has 3 aromatic carbocycles. The van der Waals surface area contributed by atoms with Gasteiger partial charge in [0, 0.05) is 17.1 Å². The van der Waals surface area contributed by atoms with E-state index in [1.54, 1.807) is 31.2 Å². The molecular formula is C21H19FN2O2. The molecule has 0 bridgehead atoms. The number of halogens is 1. The molecule has 0 aromatic heterocycles. The van der Waals surface area contributed by atoms with Crippen LogP contribution in [0.1, 0.15) is 6.92 Å². The molecule has 1 amide bonds. The van der Waals surface area contributed by atoms with Crippen molar-refractivity contribution < 1.29 is 13.9 Å². The van der Waals surface area contributed by atoms with Crippen LogP contribution in [0.5, 0.6) is 5.75 Å². The maximum atomic E-state index is 13.6. The minimum Gasteiger partial charge on any atom is -0.478 e. The van der Waals surface area contributed by atoms with E-state index in [0.29, 0.717) is 5.69 Å². The molecule has 0 radical (unpaired) electrons. The number of ether oxygens (including phenoxy) is 1. The highest BCUT2D eigenvalue weighted by atomic mass is 19.1. The molecule has 1 unspecified atom stereocenters. The van der Waals surface area contributed by atoms with Crippen LogP contribution in [0.25, 0.3) is 0 Å². The Morgan fingerprint density at radius 1 is 0.846 bits per heavy atom. The minimum atomic E-state index is -0.825. The zero-order chi connectivity index (χ0) is 18.4. The molecule has 0 aliphatic heterocycles. The van der Waals surface area contributed by atoms with E-state index >= 15 is 0 Å². The largest absolute Gasteiger partial charge is 0.478 e. The Bertz CT molecular complexity index is 867. The molecule has 1 atom stereocenters. The average molecular weight is 350 g/mol. The summed E-state index contributed by atoms with van der Waals surface area (Å²) in [5.74, 6) is -0.793. The molecule has 26 heavy (non-hydrogen) atoms. The number of nitrogens with one attached hydrogen (secondary N) is 2. The van der Waals surface area contributed by atoms with Gasteiger partial charge >= 0.3 is 0 Å². The van der Waals surface area contributed by atoms with Crippen molar-refractivity contribution in [1.29, 1.82) is 0 Å². The minimum absolute atomic E-state index is 0.0533. The van der Waals surface area contributed by atoms with Gasteiger partial charge in [0.2, 0.25) is 0 Å². The fraction of sp³-hybridized carbons (Fsp3) is 0.0952. The summed E-state index contributed by atoms with van der Waals surface area (Å²) < 4.78 is 19.0. The molecule has 5 heteroatoms. The molecule has 4 nitrogen and oxygen atoms in total. The Balaban J connectivity index is 1.58. The van der Waals surface area contributed by atoms with Crippen LogP contribution in [0, 0.1) is 5.82 Å². The van der Waals surface area contributed by atoms with Gasteiger partial charge in [0.25, 0.3) is 5.91 Å². The van der Waals surface area contributed by atoms with E-state index in [1.165, 1.54) is 12.1 Å². The molecule has 3 rings (SSSR count). The Hall–Kier alpha value is -3.34. The second-order valence-corrected chi connectivity index (χ2v) is 5.75. The van der Waals surface area contributed by atoms with Crippen LogP contribution in [0.3, 0.4) is 0 Å². The van der Waals surface area contributed by atoms with Gasteiger partial charge in [-0.1, -0.05) is 30.3 Å². The van der Waals surface area contributed by atoms with Gasteiger partial charge in [-0.15, -0.1) is 0 Å². The van der Waals surface area contributed by atoms with Crippen LogP contribution in [-0.4, -0.2) is 12.0 Å². The van der Waals surface area contributed by atoms with E-state index in [-0.39, 0.29) is 11.7 Å². The molecular weight excluding hydrogens is 331 g/mol. The summed E-state index contributed by atoms with van der Waals surface area (Å²) in [7, 11) is 0. The van der Waals surface area contributed by atoms with Crippen molar-refractivity contribution in [3.8, 4) is 5.75 Å². The second kappa shape index (κ2) is 8.16. The van der Waals surface area contributed by atoms with Crippen LogP contribution < -0.4 is 15.4 Å². The van der Waals surface area contributed by atoms with Gasteiger partial charge in [0.15, 0.2) is 17.7 Å². The number of carbonyl (C=O) groups excluding carboxylic acids is 1. The first-order valence-corrected chi connectivity index (χ1v) is 8.26. The molecule has 0 aliphatic carbocycles. The topological polar surface area (TPSA) is 50.4 Å². The molecule has 0 heterocycles. The van der Waals surface area contributed by atoms with Gasteiger partial charge in [-0.05, 0) is 55.5 Å². The van der Waals surface area contributed by atoms with Crippen molar-refractivity contribution in [2.45, 2.75) is 13.0 Å². The van der Waals surface area contributed by atoms with Crippen LogP contribution in [0.2, 0.25) is 0 Å². The van der Waals surface area contributed by atoms with Crippen molar-refractivity contribution in [2.24, 2.45) is 0 Å². The fourth-order valence-corrected chi connectivity index (χ4v) is 2.35. The zero-order valence-corrected chi connectivity index (χ0v) is 14.3. The average Bonchev–Trinajstić information content (AvgIpc) is 2.66. The number of hydrogen-bond donors (Lipinski definition) is 2. The van der Waals surface area contributed by atoms with E-state index in [1.807, 2.05) is 42.5 Å². The lowest BCUT2D eigenvalue weighted by Gasteiger charge is -2.15. The van der Waals surface area contributed by atoms with Crippen LogP contribution in [0.4, 0.5) is 21.5 Å². The lowest BCUT2D eigenvalue weighted by molar-refractivity contribution is -0.122. The van der Waals surface area contributed by atoms with Crippen molar-refractivity contribution >= 4 is 23.0 Å².